The molecule has 29 heavy (non-hydrogen) atoms. The van der Waals surface area contributed by atoms with Crippen molar-refractivity contribution in [1.29, 1.82) is 0 Å². The molecule has 0 aliphatic heterocycles. The van der Waals surface area contributed by atoms with Gasteiger partial charge in [-0.05, 0) is 80.9 Å². The first kappa shape index (κ1) is 20.5. The molecule has 0 aliphatic rings. The molecule has 150 valence electrons. The molecule has 0 unspecified atom stereocenters. The Morgan fingerprint density at radius 2 is 1.76 bits per heavy atom. The smallest absolute Gasteiger partial charge is 0.255 e. The van der Waals surface area contributed by atoms with Crippen LogP contribution in [0.4, 0.5) is 5.69 Å². The van der Waals surface area contributed by atoms with Gasteiger partial charge in [0.25, 0.3) is 5.91 Å². The number of aromatic nitrogens is 1. The normalized spacial score (nSPS) is 11.3. The summed E-state index contributed by atoms with van der Waals surface area (Å²) in [5.74, 6) is 0.300. The zero-order valence-electron chi connectivity index (χ0n) is 16.4. The second-order valence-corrected chi connectivity index (χ2v) is 8.74. The largest absolute Gasteiger partial charge is 0.491 e. The first-order valence-corrected chi connectivity index (χ1v) is 10.6. The highest BCUT2D eigenvalue weighted by molar-refractivity contribution is 7.91. The Morgan fingerprint density at radius 3 is 2.41 bits per heavy atom. The van der Waals surface area contributed by atoms with Crippen molar-refractivity contribution in [3.05, 3.63) is 78.0 Å². The minimum Gasteiger partial charge on any atom is -0.491 e. The first-order valence-electron chi connectivity index (χ1n) is 9.11. The van der Waals surface area contributed by atoms with Gasteiger partial charge in [0.15, 0.2) is 5.03 Å². The molecular formula is C22H22N2O4S. The number of anilines is 1. The zero-order valence-corrected chi connectivity index (χ0v) is 17.2. The van der Waals surface area contributed by atoms with Crippen molar-refractivity contribution in [2.75, 3.05) is 5.32 Å². The van der Waals surface area contributed by atoms with Crippen molar-refractivity contribution in [3.63, 3.8) is 0 Å². The van der Waals surface area contributed by atoms with Crippen LogP contribution in [0, 0.1) is 6.92 Å². The van der Waals surface area contributed by atoms with E-state index in [0.29, 0.717) is 11.4 Å². The summed E-state index contributed by atoms with van der Waals surface area (Å²) < 4.78 is 31.3. The maximum absolute atomic E-state index is 12.8. The van der Waals surface area contributed by atoms with E-state index in [2.05, 4.69) is 10.3 Å². The number of sulfone groups is 1. The number of hydrogen-bond donors (Lipinski definition) is 1. The third kappa shape index (κ3) is 5.00. The Bertz CT molecular complexity index is 1120. The van der Waals surface area contributed by atoms with Crippen LogP contribution >= 0.6 is 0 Å². The molecule has 0 fully saturated rings. The lowest BCUT2D eigenvalue weighted by Gasteiger charge is -2.11. The van der Waals surface area contributed by atoms with Crippen LogP contribution < -0.4 is 10.1 Å². The summed E-state index contributed by atoms with van der Waals surface area (Å²) in [5, 5.41) is 2.72. The molecule has 6 nitrogen and oxygen atoms in total. The van der Waals surface area contributed by atoms with E-state index in [0.717, 1.165) is 5.56 Å². The molecule has 0 radical (unpaired) electrons. The highest BCUT2D eigenvalue weighted by Crippen LogP contribution is 2.22. The molecule has 0 atom stereocenters. The summed E-state index contributed by atoms with van der Waals surface area (Å²) in [7, 11) is -3.82. The number of hydrogen-bond acceptors (Lipinski definition) is 5. The number of rotatable bonds is 6. The Morgan fingerprint density at radius 1 is 1.03 bits per heavy atom. The molecule has 0 saturated carbocycles. The second-order valence-electron chi connectivity index (χ2n) is 6.85. The molecule has 1 heterocycles. The Balaban J connectivity index is 1.81. The molecule has 1 N–H and O–H groups in total. The average molecular weight is 410 g/mol. The topological polar surface area (TPSA) is 85.4 Å². The Labute approximate surface area is 170 Å². The van der Waals surface area contributed by atoms with Gasteiger partial charge in [-0.15, -0.1) is 0 Å². The minimum atomic E-state index is -3.82. The van der Waals surface area contributed by atoms with Crippen LogP contribution in [-0.2, 0) is 9.84 Å². The van der Waals surface area contributed by atoms with Crippen LogP contribution in [0.1, 0.15) is 29.8 Å². The maximum Gasteiger partial charge on any atom is 0.255 e. The maximum atomic E-state index is 12.8. The second kappa shape index (κ2) is 8.45. The quantitative estimate of drug-likeness (QED) is 0.656. The molecule has 0 aliphatic carbocycles. The summed E-state index contributed by atoms with van der Waals surface area (Å²) in [6.07, 6.45) is 1.51. The number of carbonyl (C=O) groups excluding carboxylic acids is 1. The fourth-order valence-electron chi connectivity index (χ4n) is 2.67. The molecule has 7 heteroatoms. The van der Waals surface area contributed by atoms with Gasteiger partial charge < -0.3 is 10.1 Å². The van der Waals surface area contributed by atoms with Crippen molar-refractivity contribution in [2.45, 2.75) is 36.8 Å². The first-order chi connectivity index (χ1) is 13.8. The lowest BCUT2D eigenvalue weighted by molar-refractivity contribution is 0.102. The monoisotopic (exact) mass is 410 g/mol. The van der Waals surface area contributed by atoms with Crippen LogP contribution in [0.3, 0.4) is 0 Å². The summed E-state index contributed by atoms with van der Waals surface area (Å²) in [5.41, 5.74) is 1.61. The van der Waals surface area contributed by atoms with Crippen LogP contribution in [0.15, 0.2) is 76.8 Å². The summed E-state index contributed by atoms with van der Waals surface area (Å²) in [6, 6.07) is 16.1. The van der Waals surface area contributed by atoms with Gasteiger partial charge in [0, 0.05) is 17.4 Å². The summed E-state index contributed by atoms with van der Waals surface area (Å²) >= 11 is 0. The fourth-order valence-corrected chi connectivity index (χ4v) is 3.99. The van der Waals surface area contributed by atoms with Crippen LogP contribution in [0.2, 0.25) is 0 Å². The molecule has 0 saturated heterocycles. The average Bonchev–Trinajstić information content (AvgIpc) is 2.69. The number of benzene rings is 2. The van der Waals surface area contributed by atoms with Crippen LogP contribution in [-0.4, -0.2) is 25.4 Å². The Hall–Kier alpha value is -3.19. The van der Waals surface area contributed by atoms with E-state index in [1.165, 1.54) is 30.5 Å². The molecular weight excluding hydrogens is 388 g/mol. The van der Waals surface area contributed by atoms with E-state index in [4.69, 9.17) is 4.74 Å². The van der Waals surface area contributed by atoms with E-state index < -0.39 is 15.7 Å². The highest BCUT2D eigenvalue weighted by atomic mass is 32.2. The van der Waals surface area contributed by atoms with E-state index in [1.54, 1.807) is 43.3 Å². The number of nitrogens with one attached hydrogen (secondary N) is 1. The van der Waals surface area contributed by atoms with Gasteiger partial charge in [-0.2, -0.15) is 0 Å². The van der Waals surface area contributed by atoms with Crippen molar-refractivity contribution in [1.82, 2.24) is 4.98 Å². The number of amides is 1. The molecule has 3 rings (SSSR count). The van der Waals surface area contributed by atoms with Gasteiger partial charge in [-0.1, -0.05) is 6.07 Å². The predicted molar refractivity (Wildman–Crippen MR) is 111 cm³/mol. The molecule has 3 aromatic rings. The number of pyridine rings is 1. The molecule has 1 aromatic heterocycles. The Kier molecular flexibility index (Phi) is 5.98. The summed E-state index contributed by atoms with van der Waals surface area (Å²) in [6.45, 7) is 5.66. The van der Waals surface area contributed by atoms with Gasteiger partial charge in [0.1, 0.15) is 5.75 Å². The number of ether oxygens (including phenoxy) is 1. The van der Waals surface area contributed by atoms with Gasteiger partial charge in [0.2, 0.25) is 9.84 Å². The van der Waals surface area contributed by atoms with E-state index >= 15 is 0 Å². The molecule has 1 amide bonds. The standard InChI is InChI=1S/C22H22N2O4S/c1-15(2)28-19-9-7-18(8-10-19)24-22(25)17-5-4-6-20(14-17)29(26,27)21-13-16(3)11-12-23-21/h4-15H,1-3H3,(H,24,25). The van der Waals surface area contributed by atoms with Crippen molar-refractivity contribution in [3.8, 4) is 5.75 Å². The highest BCUT2D eigenvalue weighted by Gasteiger charge is 2.20. The van der Waals surface area contributed by atoms with Crippen molar-refractivity contribution < 1.29 is 17.9 Å². The van der Waals surface area contributed by atoms with Gasteiger partial charge in [0.05, 0.1) is 11.0 Å². The predicted octanol–water partition coefficient (Wildman–Crippen LogP) is 4.26. The molecule has 0 spiro atoms. The summed E-state index contributed by atoms with van der Waals surface area (Å²) in [4.78, 5) is 16.6. The van der Waals surface area contributed by atoms with Gasteiger partial charge in [-0.25, -0.2) is 13.4 Å². The van der Waals surface area contributed by atoms with Crippen molar-refractivity contribution >= 4 is 21.4 Å². The fraction of sp³-hybridized carbons (Fsp3) is 0.182. The number of carbonyl (C=O) groups is 1. The minimum absolute atomic E-state index is 0.0175. The molecule has 0 bridgehead atoms. The third-order valence-electron chi connectivity index (χ3n) is 4.06. The number of nitrogens with zero attached hydrogens (tertiary/aromatic N) is 1. The van der Waals surface area contributed by atoms with Crippen molar-refractivity contribution in [2.24, 2.45) is 0 Å². The van der Waals surface area contributed by atoms with E-state index in [-0.39, 0.29) is 21.6 Å². The van der Waals surface area contributed by atoms with Gasteiger partial charge in [-0.3, -0.25) is 4.79 Å². The zero-order chi connectivity index (χ0) is 21.0. The van der Waals surface area contributed by atoms with Gasteiger partial charge >= 0.3 is 0 Å². The lowest BCUT2D eigenvalue weighted by Crippen LogP contribution is -2.13. The van der Waals surface area contributed by atoms with Crippen LogP contribution in [0.5, 0.6) is 5.75 Å². The third-order valence-corrected chi connectivity index (χ3v) is 5.70. The van der Waals surface area contributed by atoms with E-state index in [9.17, 15) is 13.2 Å². The SMILES string of the molecule is Cc1ccnc(S(=O)(=O)c2cccc(C(=O)Nc3ccc(OC(C)C)cc3)c2)c1. The lowest BCUT2D eigenvalue weighted by atomic mass is 10.2. The molecule has 2 aromatic carbocycles. The number of aryl methyl sites for hydroxylation is 1. The van der Waals surface area contributed by atoms with Crippen LogP contribution in [0.25, 0.3) is 0 Å². The van der Waals surface area contributed by atoms with E-state index in [1.807, 2.05) is 13.8 Å².